The average Bonchev–Trinajstić information content (AvgIpc) is 2.36. The SMILES string of the molecule is CCNCc1ccc(N=C=O)cc1C(=O)NCl. The van der Waals surface area contributed by atoms with Crippen molar-refractivity contribution in [2.24, 2.45) is 4.99 Å². The van der Waals surface area contributed by atoms with Gasteiger partial charge in [0.05, 0.1) is 5.69 Å². The van der Waals surface area contributed by atoms with Gasteiger partial charge in [-0.1, -0.05) is 13.0 Å². The van der Waals surface area contributed by atoms with E-state index in [1.807, 2.05) is 11.8 Å². The summed E-state index contributed by atoms with van der Waals surface area (Å²) in [5.41, 5.74) is 1.54. The van der Waals surface area contributed by atoms with Gasteiger partial charge in [0.1, 0.15) is 0 Å². The second-order valence-corrected chi connectivity index (χ2v) is 3.44. The van der Waals surface area contributed by atoms with E-state index in [0.717, 1.165) is 12.1 Å². The van der Waals surface area contributed by atoms with E-state index in [0.29, 0.717) is 17.8 Å². The van der Waals surface area contributed by atoms with Crippen LogP contribution < -0.4 is 10.2 Å². The molecule has 1 rings (SSSR count). The Balaban J connectivity index is 3.11. The zero-order valence-electron chi connectivity index (χ0n) is 9.29. The van der Waals surface area contributed by atoms with Crippen LogP contribution in [-0.2, 0) is 11.3 Å². The largest absolute Gasteiger partial charge is 0.313 e. The maximum absolute atomic E-state index is 11.5. The number of aliphatic imine (C=N–C) groups is 1. The second kappa shape index (κ2) is 6.81. The van der Waals surface area contributed by atoms with Gasteiger partial charge in [-0.15, -0.1) is 0 Å². The first-order valence-electron chi connectivity index (χ1n) is 5.05. The Morgan fingerprint density at radius 2 is 2.29 bits per heavy atom. The number of benzene rings is 1. The Kier molecular flexibility index (Phi) is 5.36. The van der Waals surface area contributed by atoms with Crippen LogP contribution >= 0.6 is 11.8 Å². The maximum Gasteiger partial charge on any atom is 0.266 e. The molecule has 1 aromatic rings. The van der Waals surface area contributed by atoms with E-state index in [1.165, 1.54) is 12.1 Å². The van der Waals surface area contributed by atoms with Crippen LogP contribution in [0.25, 0.3) is 0 Å². The summed E-state index contributed by atoms with van der Waals surface area (Å²) in [5.74, 6) is -0.428. The zero-order chi connectivity index (χ0) is 12.7. The van der Waals surface area contributed by atoms with Gasteiger partial charge in [0.2, 0.25) is 6.08 Å². The molecule has 0 saturated heterocycles. The van der Waals surface area contributed by atoms with Gasteiger partial charge in [-0.2, -0.15) is 4.99 Å². The fraction of sp³-hybridized carbons (Fsp3) is 0.273. The molecule has 0 aliphatic carbocycles. The normalized spacial score (nSPS) is 9.53. The first-order valence-corrected chi connectivity index (χ1v) is 5.43. The van der Waals surface area contributed by atoms with Crippen molar-refractivity contribution in [1.82, 2.24) is 10.2 Å². The molecule has 1 amide bonds. The van der Waals surface area contributed by atoms with Crippen molar-refractivity contribution in [2.45, 2.75) is 13.5 Å². The average molecular weight is 254 g/mol. The Bertz CT molecular complexity index is 456. The third kappa shape index (κ3) is 3.67. The lowest BCUT2D eigenvalue weighted by Crippen LogP contribution is -2.19. The summed E-state index contributed by atoms with van der Waals surface area (Å²) in [4.78, 5) is 27.2. The van der Waals surface area contributed by atoms with Gasteiger partial charge < -0.3 is 5.32 Å². The van der Waals surface area contributed by atoms with Crippen molar-refractivity contribution in [1.29, 1.82) is 0 Å². The highest BCUT2D eigenvalue weighted by molar-refractivity contribution is 6.24. The molecule has 5 nitrogen and oxygen atoms in total. The lowest BCUT2D eigenvalue weighted by atomic mass is 10.1. The van der Waals surface area contributed by atoms with E-state index in [1.54, 1.807) is 12.1 Å². The minimum Gasteiger partial charge on any atom is -0.313 e. The molecule has 0 aliphatic heterocycles. The number of halogens is 1. The molecule has 90 valence electrons. The molecule has 0 saturated carbocycles. The van der Waals surface area contributed by atoms with Crippen LogP contribution in [0.5, 0.6) is 0 Å². The number of nitrogens with zero attached hydrogens (tertiary/aromatic N) is 1. The summed E-state index contributed by atoms with van der Waals surface area (Å²) in [6.45, 7) is 3.30. The van der Waals surface area contributed by atoms with E-state index in [4.69, 9.17) is 11.8 Å². The summed E-state index contributed by atoms with van der Waals surface area (Å²) >= 11 is 5.29. The minimum atomic E-state index is -0.428. The van der Waals surface area contributed by atoms with Crippen molar-refractivity contribution in [2.75, 3.05) is 6.54 Å². The third-order valence-corrected chi connectivity index (χ3v) is 2.34. The molecule has 0 bridgehead atoms. The van der Waals surface area contributed by atoms with E-state index < -0.39 is 5.91 Å². The molecule has 1 aromatic carbocycles. The quantitative estimate of drug-likeness (QED) is 0.476. The van der Waals surface area contributed by atoms with Crippen molar-refractivity contribution in [3.8, 4) is 0 Å². The molecular weight excluding hydrogens is 242 g/mol. The van der Waals surface area contributed by atoms with Crippen LogP contribution in [0.15, 0.2) is 23.2 Å². The highest BCUT2D eigenvalue weighted by Crippen LogP contribution is 2.18. The first kappa shape index (κ1) is 13.4. The van der Waals surface area contributed by atoms with Crippen molar-refractivity contribution >= 4 is 29.5 Å². The van der Waals surface area contributed by atoms with E-state index >= 15 is 0 Å². The van der Waals surface area contributed by atoms with Crippen LogP contribution in [0.4, 0.5) is 5.69 Å². The molecule has 0 heterocycles. The Morgan fingerprint density at radius 1 is 1.53 bits per heavy atom. The molecule has 17 heavy (non-hydrogen) atoms. The molecule has 0 aromatic heterocycles. The van der Waals surface area contributed by atoms with E-state index in [9.17, 15) is 9.59 Å². The molecular formula is C11H12ClN3O2. The molecule has 0 radical (unpaired) electrons. The first-order chi connectivity index (χ1) is 8.22. The summed E-state index contributed by atoms with van der Waals surface area (Å²) in [6.07, 6.45) is 1.43. The highest BCUT2D eigenvalue weighted by atomic mass is 35.5. The van der Waals surface area contributed by atoms with Gasteiger partial charge in [0.25, 0.3) is 5.91 Å². The third-order valence-electron chi connectivity index (χ3n) is 2.16. The molecule has 0 spiro atoms. The summed E-state index contributed by atoms with van der Waals surface area (Å²) < 4.78 is 0. The maximum atomic E-state index is 11.5. The van der Waals surface area contributed by atoms with Gasteiger partial charge in [0.15, 0.2) is 0 Å². The lowest BCUT2D eigenvalue weighted by molar-refractivity contribution is 0.0981. The van der Waals surface area contributed by atoms with Gasteiger partial charge >= 0.3 is 0 Å². The zero-order valence-corrected chi connectivity index (χ0v) is 10.0. The summed E-state index contributed by atoms with van der Waals surface area (Å²) in [5, 5.41) is 3.10. The molecule has 0 unspecified atom stereocenters. The van der Waals surface area contributed by atoms with Crippen LogP contribution in [0.1, 0.15) is 22.8 Å². The Hall–Kier alpha value is -1.68. The number of carbonyl (C=O) groups excluding carboxylic acids is 2. The predicted molar refractivity (Wildman–Crippen MR) is 64.9 cm³/mol. The lowest BCUT2D eigenvalue weighted by Gasteiger charge is -2.08. The summed E-state index contributed by atoms with van der Waals surface area (Å²) in [7, 11) is 0. The van der Waals surface area contributed by atoms with Gasteiger partial charge in [0, 0.05) is 23.9 Å². The van der Waals surface area contributed by atoms with Gasteiger partial charge in [-0.25, -0.2) is 4.79 Å². The molecule has 2 N–H and O–H groups in total. The van der Waals surface area contributed by atoms with Crippen molar-refractivity contribution in [3.63, 3.8) is 0 Å². The number of carbonyl (C=O) groups is 1. The second-order valence-electron chi connectivity index (χ2n) is 3.25. The smallest absolute Gasteiger partial charge is 0.266 e. The molecule has 6 heteroatoms. The standard InChI is InChI=1S/C11H12ClN3O2/c1-2-13-6-8-3-4-9(14-7-16)5-10(8)11(17)15-12/h3-5,13H,2,6H2,1H3,(H,15,17). The van der Waals surface area contributed by atoms with Crippen LogP contribution in [0, 0.1) is 0 Å². The van der Waals surface area contributed by atoms with Gasteiger partial charge in [-0.3, -0.25) is 9.63 Å². The number of nitrogens with one attached hydrogen (secondary N) is 2. The number of hydrogen-bond acceptors (Lipinski definition) is 4. The van der Waals surface area contributed by atoms with E-state index in [-0.39, 0.29) is 0 Å². The van der Waals surface area contributed by atoms with Crippen molar-refractivity contribution < 1.29 is 9.59 Å². The minimum absolute atomic E-state index is 0.371. The van der Waals surface area contributed by atoms with Crippen LogP contribution in [0.3, 0.4) is 0 Å². The topological polar surface area (TPSA) is 70.6 Å². The fourth-order valence-corrected chi connectivity index (χ4v) is 1.46. The molecule has 0 fully saturated rings. The number of isocyanates is 1. The molecule has 0 atom stereocenters. The number of hydrogen-bond donors (Lipinski definition) is 2. The number of rotatable bonds is 5. The fourth-order valence-electron chi connectivity index (χ4n) is 1.36. The number of amides is 1. The van der Waals surface area contributed by atoms with Crippen LogP contribution in [0.2, 0.25) is 0 Å². The van der Waals surface area contributed by atoms with Crippen molar-refractivity contribution in [3.05, 3.63) is 29.3 Å². The molecule has 0 aliphatic rings. The Morgan fingerprint density at radius 3 is 2.88 bits per heavy atom. The van der Waals surface area contributed by atoms with E-state index in [2.05, 4.69) is 10.3 Å². The van der Waals surface area contributed by atoms with Gasteiger partial charge in [-0.05, 0) is 24.2 Å². The summed E-state index contributed by atoms with van der Waals surface area (Å²) in [6, 6.07) is 4.86. The highest BCUT2D eigenvalue weighted by Gasteiger charge is 2.11. The monoisotopic (exact) mass is 253 g/mol. The Labute approximate surface area is 104 Å². The predicted octanol–water partition coefficient (Wildman–Crippen LogP) is 1.65. The van der Waals surface area contributed by atoms with Crippen LogP contribution in [-0.4, -0.2) is 18.5 Å².